The molecule has 6 heteroatoms. The summed E-state index contributed by atoms with van der Waals surface area (Å²) < 4.78 is 31.5. The molecule has 0 saturated heterocycles. The molecule has 0 radical (unpaired) electrons. The van der Waals surface area contributed by atoms with E-state index in [1.807, 2.05) is 31.2 Å². The monoisotopic (exact) mass is 423 g/mol. The molecule has 0 aliphatic rings. The molecule has 0 aliphatic heterocycles. The van der Waals surface area contributed by atoms with Crippen LogP contribution in [0.2, 0.25) is 5.02 Å². The largest absolute Gasteiger partial charge is 0.488 e. The van der Waals surface area contributed by atoms with Gasteiger partial charge in [0.1, 0.15) is 23.3 Å². The number of nitrogens with zero attached hydrogens (tertiary/aromatic N) is 1. The van der Waals surface area contributed by atoms with Crippen molar-refractivity contribution in [1.29, 1.82) is 5.26 Å². The zero-order chi connectivity index (χ0) is 20.9. The van der Waals surface area contributed by atoms with Gasteiger partial charge in [0.2, 0.25) is 9.84 Å². The predicted octanol–water partition coefficient (Wildman–Crippen LogP) is 5.57. The van der Waals surface area contributed by atoms with Crippen molar-refractivity contribution in [3.8, 4) is 11.8 Å². The Balaban J connectivity index is 1.91. The van der Waals surface area contributed by atoms with Gasteiger partial charge in [-0.15, -0.1) is 0 Å². The molecule has 0 spiro atoms. The summed E-state index contributed by atoms with van der Waals surface area (Å²) in [5.74, 6) is 0.493. The average Bonchev–Trinajstić information content (AvgIpc) is 2.72. The van der Waals surface area contributed by atoms with Gasteiger partial charge in [-0.25, -0.2) is 8.42 Å². The molecule has 3 aromatic rings. The van der Waals surface area contributed by atoms with Crippen molar-refractivity contribution < 1.29 is 13.2 Å². The fraction of sp³-hybridized carbons (Fsp3) is 0.0870. The Labute approximate surface area is 175 Å². The van der Waals surface area contributed by atoms with Crippen LogP contribution in [0.15, 0.2) is 82.6 Å². The van der Waals surface area contributed by atoms with Gasteiger partial charge < -0.3 is 4.74 Å². The molecule has 0 amide bonds. The Bertz CT molecular complexity index is 1180. The summed E-state index contributed by atoms with van der Waals surface area (Å²) in [6, 6.07) is 22.4. The van der Waals surface area contributed by atoms with Crippen LogP contribution in [0.5, 0.6) is 5.75 Å². The molecule has 0 bridgehead atoms. The minimum Gasteiger partial charge on any atom is -0.488 e. The van der Waals surface area contributed by atoms with Crippen molar-refractivity contribution in [2.45, 2.75) is 18.4 Å². The lowest BCUT2D eigenvalue weighted by molar-refractivity contribution is 0.305. The third-order valence-electron chi connectivity index (χ3n) is 4.24. The number of hydrogen-bond donors (Lipinski definition) is 0. The number of ether oxygens (including phenoxy) is 1. The van der Waals surface area contributed by atoms with Crippen molar-refractivity contribution >= 4 is 27.5 Å². The summed E-state index contributed by atoms with van der Waals surface area (Å²) in [6.07, 6.45) is 1.33. The summed E-state index contributed by atoms with van der Waals surface area (Å²) in [7, 11) is -3.97. The first kappa shape index (κ1) is 20.7. The molecule has 0 unspecified atom stereocenters. The molecule has 29 heavy (non-hydrogen) atoms. The van der Waals surface area contributed by atoms with Crippen LogP contribution in [0.3, 0.4) is 0 Å². The smallest absolute Gasteiger partial charge is 0.216 e. The highest BCUT2D eigenvalue weighted by Gasteiger charge is 2.21. The lowest BCUT2D eigenvalue weighted by Gasteiger charge is -2.10. The van der Waals surface area contributed by atoms with Gasteiger partial charge >= 0.3 is 0 Å². The first-order chi connectivity index (χ1) is 13.9. The van der Waals surface area contributed by atoms with Crippen molar-refractivity contribution in [1.82, 2.24) is 0 Å². The quantitative estimate of drug-likeness (QED) is 0.486. The normalized spacial score (nSPS) is 11.7. The highest BCUT2D eigenvalue weighted by atomic mass is 35.5. The number of nitriles is 1. The summed E-state index contributed by atoms with van der Waals surface area (Å²) in [5, 5.41) is 9.92. The molecule has 4 nitrogen and oxygen atoms in total. The van der Waals surface area contributed by atoms with Gasteiger partial charge in [0.15, 0.2) is 0 Å². The fourth-order valence-corrected chi connectivity index (χ4v) is 3.91. The van der Waals surface area contributed by atoms with Crippen molar-refractivity contribution in [2.24, 2.45) is 0 Å². The van der Waals surface area contributed by atoms with E-state index in [4.69, 9.17) is 16.3 Å². The van der Waals surface area contributed by atoms with Crippen LogP contribution in [0.1, 0.15) is 16.7 Å². The van der Waals surface area contributed by atoms with Gasteiger partial charge in [0, 0.05) is 10.6 Å². The average molecular weight is 424 g/mol. The molecular weight excluding hydrogens is 406 g/mol. The van der Waals surface area contributed by atoms with E-state index in [0.29, 0.717) is 22.9 Å². The molecule has 146 valence electrons. The standard InChI is InChI=1S/C23H18ClNO3S/c1-17-6-8-18(9-7-17)16-28-23-5-3-2-4-19(23)14-22(15-25)29(26,27)21-12-10-20(24)11-13-21/h2-14H,16H2,1H3. The summed E-state index contributed by atoms with van der Waals surface area (Å²) >= 11 is 5.83. The second-order valence-corrected chi connectivity index (χ2v) is 8.74. The van der Waals surface area contributed by atoms with Crippen LogP contribution in [-0.4, -0.2) is 8.42 Å². The Kier molecular flexibility index (Phi) is 6.38. The highest BCUT2D eigenvalue weighted by molar-refractivity contribution is 7.95. The Morgan fingerprint density at radius 1 is 1.03 bits per heavy atom. The number of sulfone groups is 1. The third kappa shape index (κ3) is 5.05. The topological polar surface area (TPSA) is 67.2 Å². The summed E-state index contributed by atoms with van der Waals surface area (Å²) in [5.41, 5.74) is 2.65. The molecular formula is C23H18ClNO3S. The number of para-hydroxylation sites is 1. The SMILES string of the molecule is Cc1ccc(COc2ccccc2C=C(C#N)S(=O)(=O)c2ccc(Cl)cc2)cc1. The number of rotatable bonds is 6. The number of hydrogen-bond acceptors (Lipinski definition) is 4. The maximum absolute atomic E-state index is 12.8. The number of allylic oxidation sites excluding steroid dienone is 1. The highest BCUT2D eigenvalue weighted by Crippen LogP contribution is 2.27. The van der Waals surface area contributed by atoms with E-state index < -0.39 is 9.84 Å². The molecule has 0 N–H and O–H groups in total. The van der Waals surface area contributed by atoms with Crippen LogP contribution >= 0.6 is 11.6 Å². The first-order valence-electron chi connectivity index (χ1n) is 8.80. The van der Waals surface area contributed by atoms with Gasteiger partial charge in [0.05, 0.1) is 4.90 Å². The number of halogens is 1. The molecule has 0 heterocycles. The Hall–Kier alpha value is -3.07. The Morgan fingerprint density at radius 2 is 1.69 bits per heavy atom. The zero-order valence-corrected chi connectivity index (χ0v) is 17.2. The van der Waals surface area contributed by atoms with Crippen molar-refractivity contribution in [2.75, 3.05) is 0 Å². The van der Waals surface area contributed by atoms with E-state index in [0.717, 1.165) is 11.1 Å². The summed E-state index contributed by atoms with van der Waals surface area (Å²) in [6.45, 7) is 2.34. The first-order valence-corrected chi connectivity index (χ1v) is 10.7. The van der Waals surface area contributed by atoms with Crippen LogP contribution in [0.4, 0.5) is 0 Å². The van der Waals surface area contributed by atoms with Crippen LogP contribution in [0.25, 0.3) is 6.08 Å². The third-order valence-corrected chi connectivity index (χ3v) is 6.18. The lowest BCUT2D eigenvalue weighted by Crippen LogP contribution is -2.04. The second-order valence-electron chi connectivity index (χ2n) is 6.39. The van der Waals surface area contributed by atoms with Crippen molar-refractivity contribution in [3.05, 3.63) is 99.4 Å². The maximum Gasteiger partial charge on any atom is 0.216 e. The zero-order valence-electron chi connectivity index (χ0n) is 15.7. The number of benzene rings is 3. The van der Waals surface area contributed by atoms with Gasteiger partial charge in [-0.05, 0) is 48.9 Å². The maximum atomic E-state index is 12.8. The molecule has 0 fully saturated rings. The second kappa shape index (κ2) is 8.95. The van der Waals surface area contributed by atoms with E-state index in [1.165, 1.54) is 30.3 Å². The van der Waals surface area contributed by atoms with E-state index >= 15 is 0 Å². The van der Waals surface area contributed by atoms with Gasteiger partial charge in [-0.1, -0.05) is 59.6 Å². The van der Waals surface area contributed by atoms with Gasteiger partial charge in [0.25, 0.3) is 0 Å². The van der Waals surface area contributed by atoms with Gasteiger partial charge in [-0.2, -0.15) is 5.26 Å². The molecule has 0 aromatic heterocycles. The molecule has 0 atom stereocenters. The molecule has 3 rings (SSSR count). The van der Waals surface area contributed by atoms with Crippen LogP contribution in [-0.2, 0) is 16.4 Å². The minimum atomic E-state index is -3.97. The lowest BCUT2D eigenvalue weighted by atomic mass is 10.1. The van der Waals surface area contributed by atoms with Crippen molar-refractivity contribution in [3.63, 3.8) is 0 Å². The van der Waals surface area contributed by atoms with E-state index in [-0.39, 0.29) is 9.80 Å². The summed E-state index contributed by atoms with van der Waals surface area (Å²) in [4.78, 5) is -0.362. The van der Waals surface area contributed by atoms with E-state index in [1.54, 1.807) is 30.3 Å². The minimum absolute atomic E-state index is 0.00718. The predicted molar refractivity (Wildman–Crippen MR) is 114 cm³/mol. The van der Waals surface area contributed by atoms with E-state index in [2.05, 4.69) is 0 Å². The molecule has 0 aliphatic carbocycles. The van der Waals surface area contributed by atoms with Crippen LogP contribution in [0, 0.1) is 18.3 Å². The van der Waals surface area contributed by atoms with Gasteiger partial charge in [-0.3, -0.25) is 0 Å². The molecule has 0 saturated carbocycles. The Morgan fingerprint density at radius 3 is 2.34 bits per heavy atom. The molecule has 3 aromatic carbocycles. The van der Waals surface area contributed by atoms with E-state index in [9.17, 15) is 13.7 Å². The fourth-order valence-electron chi connectivity index (χ4n) is 2.63. The van der Waals surface area contributed by atoms with Crippen LogP contribution < -0.4 is 4.74 Å². The number of aryl methyl sites for hydroxylation is 1.